The van der Waals surface area contributed by atoms with E-state index in [4.69, 9.17) is 4.74 Å². The van der Waals surface area contributed by atoms with Crippen LogP contribution in [0, 0.1) is 5.41 Å². The van der Waals surface area contributed by atoms with E-state index in [2.05, 4.69) is 48.7 Å². The van der Waals surface area contributed by atoms with Crippen LogP contribution in [-0.2, 0) is 16.0 Å². The second kappa shape index (κ2) is 7.05. The second-order valence-corrected chi connectivity index (χ2v) is 6.55. The van der Waals surface area contributed by atoms with Gasteiger partial charge in [-0.05, 0) is 24.3 Å². The van der Waals surface area contributed by atoms with E-state index in [1.54, 1.807) is 0 Å². The molecule has 0 spiro atoms. The highest BCUT2D eigenvalue weighted by Gasteiger charge is 2.29. The van der Waals surface area contributed by atoms with E-state index >= 15 is 0 Å². The summed E-state index contributed by atoms with van der Waals surface area (Å²) in [5, 5.41) is 6.28. The minimum absolute atomic E-state index is 0.0236. The highest BCUT2D eigenvalue weighted by molar-refractivity contribution is 5.82. The maximum absolute atomic E-state index is 12.3. The van der Waals surface area contributed by atoms with Crippen LogP contribution in [0.2, 0.25) is 0 Å². The quantitative estimate of drug-likeness (QED) is 0.868. The van der Waals surface area contributed by atoms with Crippen LogP contribution in [0.25, 0.3) is 0 Å². The summed E-state index contributed by atoms with van der Waals surface area (Å²) in [7, 11) is 0. The van der Waals surface area contributed by atoms with Crippen molar-refractivity contribution in [3.8, 4) is 0 Å². The van der Waals surface area contributed by atoms with E-state index < -0.39 is 0 Å². The summed E-state index contributed by atoms with van der Waals surface area (Å²) in [6, 6.07) is 10.1. The van der Waals surface area contributed by atoms with Gasteiger partial charge in [0.05, 0.1) is 12.7 Å². The number of carbonyl (C=O) groups is 1. The molecular weight excluding hydrogens is 264 g/mol. The summed E-state index contributed by atoms with van der Waals surface area (Å²) >= 11 is 0. The van der Waals surface area contributed by atoms with Crippen molar-refractivity contribution in [1.82, 2.24) is 10.6 Å². The lowest BCUT2D eigenvalue weighted by atomic mass is 9.85. The van der Waals surface area contributed by atoms with Gasteiger partial charge in [-0.2, -0.15) is 0 Å². The van der Waals surface area contributed by atoms with E-state index in [0.717, 1.165) is 13.0 Å². The summed E-state index contributed by atoms with van der Waals surface area (Å²) in [5.41, 5.74) is 1.32. The standard InChI is InChI=1S/C17H26N2O2/c1-13-15(18-9-10-21-13)16(20)19-12-17(2,3)11-14-7-5-4-6-8-14/h4-8,13,15,18H,9-12H2,1-3H3,(H,19,20)/t13-,15+/m1/s1. The largest absolute Gasteiger partial charge is 0.375 e. The Morgan fingerprint density at radius 1 is 1.38 bits per heavy atom. The minimum atomic E-state index is -0.244. The average Bonchev–Trinajstić information content (AvgIpc) is 2.46. The van der Waals surface area contributed by atoms with Crippen molar-refractivity contribution < 1.29 is 9.53 Å². The Morgan fingerprint density at radius 3 is 2.76 bits per heavy atom. The fourth-order valence-corrected chi connectivity index (χ4v) is 2.67. The topological polar surface area (TPSA) is 50.4 Å². The molecule has 116 valence electrons. The lowest BCUT2D eigenvalue weighted by molar-refractivity contribution is -0.129. The Morgan fingerprint density at radius 2 is 2.10 bits per heavy atom. The van der Waals surface area contributed by atoms with Crippen molar-refractivity contribution in [2.45, 2.75) is 39.3 Å². The number of morpholine rings is 1. The van der Waals surface area contributed by atoms with E-state index in [1.807, 2.05) is 13.0 Å². The SMILES string of the molecule is C[C@H]1OCCN[C@@H]1C(=O)NCC(C)(C)Cc1ccccc1. The first-order chi connectivity index (χ1) is 9.98. The van der Waals surface area contributed by atoms with Gasteiger partial charge in [0.2, 0.25) is 5.91 Å². The molecule has 0 saturated carbocycles. The van der Waals surface area contributed by atoms with E-state index in [9.17, 15) is 4.79 Å². The van der Waals surface area contributed by atoms with E-state index in [-0.39, 0.29) is 23.5 Å². The second-order valence-electron chi connectivity index (χ2n) is 6.55. The average molecular weight is 290 g/mol. The number of rotatable bonds is 5. The zero-order chi connectivity index (χ0) is 15.3. The van der Waals surface area contributed by atoms with Gasteiger partial charge >= 0.3 is 0 Å². The smallest absolute Gasteiger partial charge is 0.239 e. The lowest BCUT2D eigenvalue weighted by Gasteiger charge is -2.31. The molecule has 21 heavy (non-hydrogen) atoms. The molecule has 2 N–H and O–H groups in total. The maximum Gasteiger partial charge on any atom is 0.239 e. The van der Waals surface area contributed by atoms with Crippen molar-refractivity contribution in [1.29, 1.82) is 0 Å². The van der Waals surface area contributed by atoms with Crippen LogP contribution in [0.4, 0.5) is 0 Å². The minimum Gasteiger partial charge on any atom is -0.375 e. The molecule has 0 unspecified atom stereocenters. The third-order valence-electron chi connectivity index (χ3n) is 3.87. The third-order valence-corrected chi connectivity index (χ3v) is 3.87. The van der Waals surface area contributed by atoms with Gasteiger partial charge in [0, 0.05) is 13.1 Å². The van der Waals surface area contributed by atoms with Crippen molar-refractivity contribution in [3.63, 3.8) is 0 Å². The van der Waals surface area contributed by atoms with Gasteiger partial charge < -0.3 is 15.4 Å². The first-order valence-electron chi connectivity index (χ1n) is 7.64. The number of hydrogen-bond donors (Lipinski definition) is 2. The first kappa shape index (κ1) is 16.0. The fraction of sp³-hybridized carbons (Fsp3) is 0.588. The number of nitrogens with one attached hydrogen (secondary N) is 2. The van der Waals surface area contributed by atoms with Crippen molar-refractivity contribution in [2.75, 3.05) is 19.7 Å². The predicted octanol–water partition coefficient (Wildman–Crippen LogP) is 1.75. The molecule has 1 heterocycles. The molecule has 4 heteroatoms. The number of hydrogen-bond acceptors (Lipinski definition) is 3. The van der Waals surface area contributed by atoms with Gasteiger partial charge in [0.1, 0.15) is 6.04 Å². The van der Waals surface area contributed by atoms with Gasteiger partial charge in [-0.1, -0.05) is 44.2 Å². The molecule has 0 radical (unpaired) electrons. The number of benzene rings is 1. The van der Waals surface area contributed by atoms with E-state index in [0.29, 0.717) is 13.2 Å². The van der Waals surface area contributed by atoms with Crippen LogP contribution in [0.5, 0.6) is 0 Å². The Hall–Kier alpha value is -1.39. The van der Waals surface area contributed by atoms with Crippen molar-refractivity contribution in [3.05, 3.63) is 35.9 Å². The van der Waals surface area contributed by atoms with E-state index in [1.165, 1.54) is 5.56 Å². The molecule has 1 aromatic rings. The molecule has 2 atom stereocenters. The van der Waals surface area contributed by atoms with Crippen LogP contribution >= 0.6 is 0 Å². The normalized spacial score (nSPS) is 22.8. The number of amides is 1. The van der Waals surface area contributed by atoms with Gasteiger partial charge in [-0.3, -0.25) is 4.79 Å². The molecule has 4 nitrogen and oxygen atoms in total. The van der Waals surface area contributed by atoms with Crippen molar-refractivity contribution >= 4 is 5.91 Å². The lowest BCUT2D eigenvalue weighted by Crippen LogP contribution is -2.56. The zero-order valence-electron chi connectivity index (χ0n) is 13.2. The van der Waals surface area contributed by atoms with Crippen LogP contribution in [0.15, 0.2) is 30.3 Å². The monoisotopic (exact) mass is 290 g/mol. The Balaban J connectivity index is 1.84. The zero-order valence-corrected chi connectivity index (χ0v) is 13.2. The van der Waals surface area contributed by atoms with Crippen LogP contribution < -0.4 is 10.6 Å². The summed E-state index contributed by atoms with van der Waals surface area (Å²) in [6.45, 7) is 8.35. The molecule has 0 bridgehead atoms. The summed E-state index contributed by atoms with van der Waals surface area (Å²) in [5.74, 6) is 0.0309. The molecule has 2 rings (SSSR count). The number of ether oxygens (including phenoxy) is 1. The number of carbonyl (C=O) groups excluding carboxylic acids is 1. The Kier molecular flexibility index (Phi) is 5.37. The third kappa shape index (κ3) is 4.83. The fourth-order valence-electron chi connectivity index (χ4n) is 2.67. The molecular formula is C17H26N2O2. The molecule has 0 aromatic heterocycles. The van der Waals surface area contributed by atoms with Crippen LogP contribution in [0.1, 0.15) is 26.3 Å². The maximum atomic E-state index is 12.3. The molecule has 1 saturated heterocycles. The molecule has 0 aliphatic carbocycles. The van der Waals surface area contributed by atoms with Gasteiger partial charge in [0.15, 0.2) is 0 Å². The summed E-state index contributed by atoms with van der Waals surface area (Å²) in [4.78, 5) is 12.3. The molecule has 1 amide bonds. The van der Waals surface area contributed by atoms with Crippen LogP contribution in [-0.4, -0.2) is 37.7 Å². The molecule has 1 aliphatic heterocycles. The van der Waals surface area contributed by atoms with Crippen molar-refractivity contribution in [2.24, 2.45) is 5.41 Å². The highest BCUT2D eigenvalue weighted by atomic mass is 16.5. The van der Waals surface area contributed by atoms with Gasteiger partial charge in [0.25, 0.3) is 0 Å². The predicted molar refractivity (Wildman–Crippen MR) is 84.1 cm³/mol. The first-order valence-corrected chi connectivity index (χ1v) is 7.64. The van der Waals surface area contributed by atoms with Gasteiger partial charge in [-0.15, -0.1) is 0 Å². The highest BCUT2D eigenvalue weighted by Crippen LogP contribution is 2.20. The molecule has 1 fully saturated rings. The van der Waals surface area contributed by atoms with Crippen LogP contribution in [0.3, 0.4) is 0 Å². The summed E-state index contributed by atoms with van der Waals surface area (Å²) < 4.78 is 5.52. The molecule has 1 aromatic carbocycles. The summed E-state index contributed by atoms with van der Waals surface area (Å²) in [6.07, 6.45) is 0.870. The van der Waals surface area contributed by atoms with Gasteiger partial charge in [-0.25, -0.2) is 0 Å². The Labute approximate surface area is 127 Å². The molecule has 1 aliphatic rings. The Bertz CT molecular complexity index is 459.